The van der Waals surface area contributed by atoms with E-state index in [-0.39, 0.29) is 17.6 Å². The molecule has 0 bridgehead atoms. The molecule has 5 aromatic rings. The number of hydrogen-bond acceptors (Lipinski definition) is 7. The highest BCUT2D eigenvalue weighted by Gasteiger charge is 2.35. The first kappa shape index (κ1) is 31.6. The second kappa shape index (κ2) is 13.3. The summed E-state index contributed by atoms with van der Waals surface area (Å²) in [5, 5.41) is 10.1. The van der Waals surface area contributed by atoms with Crippen LogP contribution in [0.3, 0.4) is 0 Å². The van der Waals surface area contributed by atoms with Crippen LogP contribution in [-0.4, -0.2) is 123 Å². The number of piperazine rings is 1. The zero-order valence-corrected chi connectivity index (χ0v) is 28.0. The van der Waals surface area contributed by atoms with Gasteiger partial charge in [0.1, 0.15) is 0 Å². The number of likely N-dealkylation sites (tertiary alicyclic amines) is 2. The predicted octanol–water partition coefficient (Wildman–Crippen LogP) is 3.98. The number of fused-ring (bicyclic) bond motifs is 4. The molecule has 3 saturated heterocycles. The summed E-state index contributed by atoms with van der Waals surface area (Å²) in [6.07, 6.45) is 3.72. The molecule has 0 saturated carbocycles. The second-order valence-electron chi connectivity index (χ2n) is 14.0. The number of nitrogens with one attached hydrogen (secondary N) is 2. The van der Waals surface area contributed by atoms with E-state index in [2.05, 4.69) is 32.0 Å². The Labute approximate surface area is 284 Å². The number of aromatic amines is 2. The molecule has 256 valence electrons. The zero-order valence-electron chi connectivity index (χ0n) is 28.0. The maximum absolute atomic E-state index is 14.1. The average molecular weight is 665 g/mol. The van der Waals surface area contributed by atoms with Crippen LogP contribution in [0.1, 0.15) is 37.3 Å². The average Bonchev–Trinajstić information content (AvgIpc) is 3.75. The zero-order chi connectivity index (χ0) is 33.5. The third kappa shape index (κ3) is 6.30. The molecule has 2 N–H and O–H groups in total. The summed E-state index contributed by atoms with van der Waals surface area (Å²) < 4.78 is 7.95. The van der Waals surface area contributed by atoms with Crippen LogP contribution in [0.5, 0.6) is 0 Å². The van der Waals surface area contributed by atoms with E-state index in [1.165, 1.54) is 0 Å². The van der Waals surface area contributed by atoms with E-state index in [9.17, 15) is 14.4 Å². The Hall–Kier alpha value is -4.68. The number of piperidine rings is 2. The van der Waals surface area contributed by atoms with Gasteiger partial charge in [0.15, 0.2) is 6.10 Å². The van der Waals surface area contributed by atoms with Crippen molar-refractivity contribution in [1.82, 2.24) is 39.3 Å². The van der Waals surface area contributed by atoms with Gasteiger partial charge in [0.05, 0.1) is 22.7 Å². The maximum Gasteiger partial charge on any atom is 0.410 e. The highest BCUT2D eigenvalue weighted by atomic mass is 16.6. The van der Waals surface area contributed by atoms with Crippen molar-refractivity contribution < 1.29 is 14.3 Å². The van der Waals surface area contributed by atoms with E-state index in [4.69, 9.17) is 4.74 Å². The lowest BCUT2D eigenvalue weighted by Crippen LogP contribution is -2.54. The number of carbonyl (C=O) groups is 2. The topological polar surface area (TPSA) is 123 Å². The summed E-state index contributed by atoms with van der Waals surface area (Å²) in [5.74, 6) is -0.134. The van der Waals surface area contributed by atoms with Gasteiger partial charge >= 0.3 is 11.8 Å². The molecule has 12 nitrogen and oxygen atoms in total. The molecular formula is C37H44N8O4. The van der Waals surface area contributed by atoms with Crippen molar-refractivity contribution in [3.8, 4) is 0 Å². The minimum absolute atomic E-state index is 0.0489. The minimum atomic E-state index is -0.931. The first-order chi connectivity index (χ1) is 23.9. The van der Waals surface area contributed by atoms with Gasteiger partial charge < -0.3 is 24.4 Å². The third-order valence-corrected chi connectivity index (χ3v) is 11.0. The Morgan fingerprint density at radius 2 is 1.59 bits per heavy atom. The highest BCUT2D eigenvalue weighted by molar-refractivity contribution is 6.04. The maximum atomic E-state index is 14.1. The summed E-state index contributed by atoms with van der Waals surface area (Å²) in [6, 6.07) is 18.4. The van der Waals surface area contributed by atoms with Crippen LogP contribution in [0, 0.1) is 0 Å². The number of H-pyrrole nitrogens is 2. The molecule has 0 radical (unpaired) electrons. The number of benzene rings is 3. The van der Waals surface area contributed by atoms with Crippen molar-refractivity contribution >= 4 is 44.7 Å². The molecule has 2 amide bonds. The number of rotatable bonds is 6. The van der Waals surface area contributed by atoms with Gasteiger partial charge in [-0.15, -0.1) is 0 Å². The lowest BCUT2D eigenvalue weighted by Gasteiger charge is -2.42. The van der Waals surface area contributed by atoms with Gasteiger partial charge in [0.25, 0.3) is 5.91 Å². The Morgan fingerprint density at radius 3 is 2.39 bits per heavy atom. The molecule has 3 aliphatic rings. The van der Waals surface area contributed by atoms with Crippen LogP contribution in [-0.2, 0) is 16.0 Å². The van der Waals surface area contributed by atoms with E-state index in [0.29, 0.717) is 51.5 Å². The standard InChI is InChI=1S/C37H44N8O4/c1-41-18-20-42(21-19-41)28-10-14-43(15-11-28)35(46)33(23-25-6-8-31-27(22-25)24-38-40-31)49-37(48)44-16-12-29(13-17-44)45-32-9-7-26-4-2-3-5-30(26)34(32)39-36(45)47/h2-9,22,24,28-29,33H,10-21,23H2,1H3,(H,38,40)(H,39,47). The van der Waals surface area contributed by atoms with E-state index in [1.54, 1.807) is 11.1 Å². The summed E-state index contributed by atoms with van der Waals surface area (Å²) in [4.78, 5) is 52.5. The van der Waals surface area contributed by atoms with Gasteiger partial charge in [-0.2, -0.15) is 5.10 Å². The summed E-state index contributed by atoms with van der Waals surface area (Å²) >= 11 is 0. The first-order valence-corrected chi connectivity index (χ1v) is 17.6. The Kier molecular flexibility index (Phi) is 8.58. The molecule has 3 aromatic carbocycles. The molecule has 49 heavy (non-hydrogen) atoms. The monoisotopic (exact) mass is 664 g/mol. The van der Waals surface area contributed by atoms with Crippen molar-refractivity contribution in [2.45, 2.75) is 50.3 Å². The molecule has 0 aliphatic carbocycles. The normalized spacial score (nSPS) is 19.6. The highest BCUT2D eigenvalue weighted by Crippen LogP contribution is 2.29. The number of likely N-dealkylation sites (N-methyl/N-ethyl adjacent to an activating group) is 1. The summed E-state index contributed by atoms with van der Waals surface area (Å²) in [6.45, 7) is 6.47. The van der Waals surface area contributed by atoms with Crippen LogP contribution < -0.4 is 5.69 Å². The van der Waals surface area contributed by atoms with Crippen molar-refractivity contribution in [2.75, 3.05) is 59.4 Å². The third-order valence-electron chi connectivity index (χ3n) is 11.0. The number of aromatic nitrogens is 4. The van der Waals surface area contributed by atoms with Gasteiger partial charge in [0, 0.05) is 81.6 Å². The number of ether oxygens (including phenoxy) is 1. The van der Waals surface area contributed by atoms with Gasteiger partial charge in [-0.3, -0.25) is 19.4 Å². The summed E-state index contributed by atoms with van der Waals surface area (Å²) in [5.41, 5.74) is 3.41. The number of amides is 2. The molecule has 0 spiro atoms. The molecule has 2 aromatic heterocycles. The molecular weight excluding hydrogens is 620 g/mol. The SMILES string of the molecule is CN1CCN(C2CCN(C(=O)C(Cc3ccc4[nH]ncc4c3)OC(=O)N3CCC(n4c(=O)[nH]c5c6ccccc6ccc54)CC3)CC2)CC1. The Morgan fingerprint density at radius 1 is 0.857 bits per heavy atom. The van der Waals surface area contributed by atoms with Crippen LogP contribution in [0.2, 0.25) is 0 Å². The van der Waals surface area contributed by atoms with Crippen LogP contribution in [0.25, 0.3) is 32.7 Å². The Balaban J connectivity index is 0.949. The number of carbonyl (C=O) groups excluding carboxylic acids is 2. The van der Waals surface area contributed by atoms with Crippen LogP contribution in [0.15, 0.2) is 65.6 Å². The molecule has 5 heterocycles. The number of imidazole rings is 1. The molecule has 8 rings (SSSR count). The Bertz CT molecular complexity index is 2030. The van der Waals surface area contributed by atoms with E-state index in [0.717, 1.165) is 77.3 Å². The lowest BCUT2D eigenvalue weighted by molar-refractivity contribution is -0.142. The minimum Gasteiger partial charge on any atom is -0.436 e. The smallest absolute Gasteiger partial charge is 0.410 e. The van der Waals surface area contributed by atoms with Gasteiger partial charge in [-0.1, -0.05) is 36.4 Å². The van der Waals surface area contributed by atoms with Gasteiger partial charge in [0.2, 0.25) is 0 Å². The van der Waals surface area contributed by atoms with Gasteiger partial charge in [-0.25, -0.2) is 9.59 Å². The first-order valence-electron chi connectivity index (χ1n) is 17.6. The van der Waals surface area contributed by atoms with Crippen molar-refractivity contribution in [2.24, 2.45) is 0 Å². The fourth-order valence-electron chi connectivity index (χ4n) is 8.09. The number of nitrogens with zero attached hydrogens (tertiary/aromatic N) is 6. The molecule has 1 unspecified atom stereocenters. The largest absolute Gasteiger partial charge is 0.436 e. The van der Waals surface area contributed by atoms with Crippen molar-refractivity contribution in [3.63, 3.8) is 0 Å². The van der Waals surface area contributed by atoms with E-state index >= 15 is 0 Å². The fraction of sp³-hybridized carbons (Fsp3) is 0.459. The van der Waals surface area contributed by atoms with E-state index < -0.39 is 12.2 Å². The van der Waals surface area contributed by atoms with Gasteiger partial charge in [-0.05, 0) is 61.9 Å². The molecule has 1 atom stereocenters. The second-order valence-corrected chi connectivity index (χ2v) is 14.0. The summed E-state index contributed by atoms with van der Waals surface area (Å²) in [7, 11) is 2.17. The molecule has 12 heteroatoms. The van der Waals surface area contributed by atoms with Crippen LogP contribution >= 0.6 is 0 Å². The van der Waals surface area contributed by atoms with Crippen molar-refractivity contribution in [3.05, 3.63) is 76.8 Å². The van der Waals surface area contributed by atoms with E-state index in [1.807, 2.05) is 64.1 Å². The van der Waals surface area contributed by atoms with Crippen LogP contribution in [0.4, 0.5) is 4.79 Å². The number of hydrogen-bond donors (Lipinski definition) is 2. The fourth-order valence-corrected chi connectivity index (χ4v) is 8.09. The molecule has 3 aliphatic heterocycles. The van der Waals surface area contributed by atoms with Crippen molar-refractivity contribution in [1.29, 1.82) is 0 Å². The quantitative estimate of drug-likeness (QED) is 0.282. The lowest BCUT2D eigenvalue weighted by atomic mass is 10.00. The molecule has 3 fully saturated rings. The predicted molar refractivity (Wildman–Crippen MR) is 189 cm³/mol.